The Morgan fingerprint density at radius 2 is 1.70 bits per heavy atom. The van der Waals surface area contributed by atoms with Crippen molar-refractivity contribution in [2.75, 3.05) is 29.5 Å². The number of carbonyl (C=O) groups is 1. The Morgan fingerprint density at radius 1 is 1.05 bits per heavy atom. The van der Waals surface area contributed by atoms with E-state index in [1.807, 2.05) is 12.1 Å². The highest BCUT2D eigenvalue weighted by Crippen LogP contribution is 2.31. The van der Waals surface area contributed by atoms with Crippen molar-refractivity contribution in [1.29, 1.82) is 0 Å². The van der Waals surface area contributed by atoms with Crippen LogP contribution in [0.4, 0.5) is 28.0 Å². The lowest BCUT2D eigenvalue weighted by Crippen LogP contribution is -2.48. The molecule has 0 unspecified atom stereocenters. The zero-order chi connectivity index (χ0) is 27.0. The van der Waals surface area contributed by atoms with Gasteiger partial charge in [-0.25, -0.2) is 9.18 Å². The zero-order valence-corrected chi connectivity index (χ0v) is 21.3. The highest BCUT2D eigenvalue weighted by molar-refractivity contribution is 7.85. The molecule has 1 saturated heterocycles. The molecule has 0 aliphatic carbocycles. The number of hydrogen-bond donors (Lipinski definition) is 0. The number of benzene rings is 2. The molecule has 198 valence electrons. The minimum atomic E-state index is -4.81. The van der Waals surface area contributed by atoms with Gasteiger partial charge in [0.15, 0.2) is 0 Å². The molecule has 2 amide bonds. The van der Waals surface area contributed by atoms with Crippen LogP contribution in [0.5, 0.6) is 0 Å². The molecular weight excluding hydrogens is 512 g/mol. The van der Waals surface area contributed by atoms with Crippen molar-refractivity contribution in [3.63, 3.8) is 0 Å². The molecule has 4 rings (SSSR count). The van der Waals surface area contributed by atoms with Gasteiger partial charge in [0.1, 0.15) is 5.82 Å². The van der Waals surface area contributed by atoms with Gasteiger partial charge in [-0.15, -0.1) is 10.2 Å². The molecule has 1 fully saturated rings. The number of anilines is 1. The number of alkyl halides is 3. The quantitative estimate of drug-likeness (QED) is 0.417. The molecule has 2 aromatic carbocycles. The molecule has 1 aromatic heterocycles. The van der Waals surface area contributed by atoms with Gasteiger partial charge in [0, 0.05) is 52.2 Å². The minimum Gasteiger partial charge on any atom is -0.413 e. The summed E-state index contributed by atoms with van der Waals surface area (Å²) in [6.45, 7) is 6.71. The predicted molar refractivity (Wildman–Crippen MR) is 131 cm³/mol. The molecule has 37 heavy (non-hydrogen) atoms. The van der Waals surface area contributed by atoms with Crippen LogP contribution in [0.2, 0.25) is 0 Å². The fourth-order valence-corrected chi connectivity index (χ4v) is 4.90. The second-order valence-electron chi connectivity index (χ2n) is 9.72. The third-order valence-corrected chi connectivity index (χ3v) is 7.30. The molecule has 0 N–H and O–H groups in total. The smallest absolute Gasteiger partial charge is 0.413 e. The number of amides is 2. The molecule has 0 atom stereocenters. The Kier molecular flexibility index (Phi) is 7.40. The van der Waals surface area contributed by atoms with E-state index in [9.17, 15) is 22.2 Å². The largest absolute Gasteiger partial charge is 0.470 e. The van der Waals surface area contributed by atoms with Gasteiger partial charge >= 0.3 is 18.1 Å². The van der Waals surface area contributed by atoms with Gasteiger partial charge in [-0.1, -0.05) is 39.0 Å². The number of halogens is 4. The molecule has 3 aromatic rings. The summed E-state index contributed by atoms with van der Waals surface area (Å²) in [5.41, 5.74) is 1.64. The first-order valence-corrected chi connectivity index (χ1v) is 13.0. The van der Waals surface area contributed by atoms with Gasteiger partial charge in [-0.2, -0.15) is 13.2 Å². The van der Waals surface area contributed by atoms with Crippen molar-refractivity contribution in [2.24, 2.45) is 0 Å². The van der Waals surface area contributed by atoms with Crippen LogP contribution in [-0.2, 0) is 28.9 Å². The first-order chi connectivity index (χ1) is 17.3. The highest BCUT2D eigenvalue weighted by Gasteiger charge is 2.38. The van der Waals surface area contributed by atoms with Gasteiger partial charge in [0.2, 0.25) is 5.89 Å². The normalized spacial score (nSPS) is 15.2. The first-order valence-electron chi connectivity index (χ1n) is 11.5. The van der Waals surface area contributed by atoms with Crippen molar-refractivity contribution in [3.8, 4) is 11.5 Å². The van der Waals surface area contributed by atoms with Crippen LogP contribution < -0.4 is 4.90 Å². The van der Waals surface area contributed by atoms with Gasteiger partial charge in [0.05, 0.1) is 6.54 Å². The highest BCUT2D eigenvalue weighted by atomic mass is 32.2. The summed E-state index contributed by atoms with van der Waals surface area (Å²) in [7, 11) is -0.977. The topological polar surface area (TPSA) is 79.5 Å². The maximum absolute atomic E-state index is 15.1. The molecule has 0 saturated carbocycles. The van der Waals surface area contributed by atoms with Gasteiger partial charge in [-0.05, 0) is 35.2 Å². The molecule has 0 spiro atoms. The van der Waals surface area contributed by atoms with E-state index in [1.54, 1.807) is 17.0 Å². The summed E-state index contributed by atoms with van der Waals surface area (Å²) >= 11 is 0. The summed E-state index contributed by atoms with van der Waals surface area (Å²) in [6.07, 6.45) is -4.81. The SMILES string of the molecule is CC(C)(C)c1ccc(N(Cc2ccc(-c3nnc(C(F)(F)F)o3)cc2F)C(=O)N2CCS(=O)CC2)cc1. The zero-order valence-electron chi connectivity index (χ0n) is 20.5. The molecule has 7 nitrogen and oxygen atoms in total. The van der Waals surface area contributed by atoms with Crippen LogP contribution in [0, 0.1) is 5.82 Å². The Morgan fingerprint density at radius 3 is 2.24 bits per heavy atom. The van der Waals surface area contributed by atoms with Crippen molar-refractivity contribution < 1.29 is 31.0 Å². The third kappa shape index (κ3) is 6.17. The summed E-state index contributed by atoms with van der Waals surface area (Å²) < 4.78 is 69.9. The number of nitrogens with zero attached hydrogens (tertiary/aromatic N) is 4. The Balaban J connectivity index is 1.63. The lowest BCUT2D eigenvalue weighted by Gasteiger charge is -2.33. The van der Waals surface area contributed by atoms with Crippen LogP contribution in [0.15, 0.2) is 46.9 Å². The molecule has 1 aliphatic heterocycles. The Labute approximate surface area is 213 Å². The van der Waals surface area contributed by atoms with Gasteiger partial charge in [0.25, 0.3) is 0 Å². The molecule has 0 radical (unpaired) electrons. The maximum atomic E-state index is 15.1. The Hall–Kier alpha value is -3.28. The van der Waals surface area contributed by atoms with E-state index < -0.39 is 34.6 Å². The number of aromatic nitrogens is 2. The van der Waals surface area contributed by atoms with E-state index in [2.05, 4.69) is 35.4 Å². The van der Waals surface area contributed by atoms with Gasteiger partial charge < -0.3 is 9.32 Å². The standard InChI is InChI=1S/C25H26F4N4O3S/c1-24(2,3)18-6-8-19(9-7-18)33(23(34)32-10-12-37(35)13-11-32)15-17-5-4-16(14-20(17)26)21-30-31-22(36-21)25(27,28)29/h4-9,14H,10-13,15H2,1-3H3. The molecule has 2 heterocycles. The Bertz CT molecular complexity index is 1290. The number of hydrogen-bond acceptors (Lipinski definition) is 5. The van der Waals surface area contributed by atoms with Crippen molar-refractivity contribution in [2.45, 2.75) is 38.9 Å². The summed E-state index contributed by atoms with van der Waals surface area (Å²) in [4.78, 5) is 16.5. The number of carbonyl (C=O) groups excluding carboxylic acids is 1. The van der Waals surface area contributed by atoms with Crippen LogP contribution in [-0.4, -0.2) is 49.9 Å². The number of rotatable bonds is 4. The fraction of sp³-hybridized carbons (Fsp3) is 0.400. The predicted octanol–water partition coefficient (Wildman–Crippen LogP) is 5.38. The van der Waals surface area contributed by atoms with Crippen LogP contribution in [0.25, 0.3) is 11.5 Å². The van der Waals surface area contributed by atoms with E-state index in [1.165, 1.54) is 17.0 Å². The van der Waals surface area contributed by atoms with E-state index in [0.29, 0.717) is 30.3 Å². The van der Waals surface area contributed by atoms with E-state index in [4.69, 9.17) is 0 Å². The van der Waals surface area contributed by atoms with Crippen LogP contribution in [0.1, 0.15) is 37.8 Å². The average molecular weight is 539 g/mol. The summed E-state index contributed by atoms with van der Waals surface area (Å²) in [5, 5.41) is 6.32. The molecule has 12 heteroatoms. The summed E-state index contributed by atoms with van der Waals surface area (Å²) in [5.74, 6) is -1.99. The van der Waals surface area contributed by atoms with Crippen LogP contribution >= 0.6 is 0 Å². The second-order valence-corrected chi connectivity index (χ2v) is 11.4. The summed E-state index contributed by atoms with van der Waals surface area (Å²) in [6, 6.07) is 10.8. The average Bonchev–Trinajstić information content (AvgIpc) is 3.34. The minimum absolute atomic E-state index is 0.0184. The molecule has 0 bridgehead atoms. The maximum Gasteiger partial charge on any atom is 0.470 e. The van der Waals surface area contributed by atoms with E-state index >= 15 is 4.39 Å². The van der Waals surface area contributed by atoms with Crippen molar-refractivity contribution >= 4 is 22.5 Å². The number of urea groups is 1. The van der Waals surface area contributed by atoms with E-state index in [-0.39, 0.29) is 29.1 Å². The lowest BCUT2D eigenvalue weighted by molar-refractivity contribution is -0.156. The molecule has 1 aliphatic rings. The second kappa shape index (κ2) is 10.2. The lowest BCUT2D eigenvalue weighted by atomic mass is 9.87. The monoisotopic (exact) mass is 538 g/mol. The van der Waals surface area contributed by atoms with Gasteiger partial charge in [-0.3, -0.25) is 9.11 Å². The van der Waals surface area contributed by atoms with Crippen LogP contribution in [0.3, 0.4) is 0 Å². The van der Waals surface area contributed by atoms with Crippen molar-refractivity contribution in [1.82, 2.24) is 15.1 Å². The third-order valence-electron chi connectivity index (χ3n) is 6.02. The molecular formula is C25H26F4N4O3S. The first kappa shape index (κ1) is 26.8. The van der Waals surface area contributed by atoms with E-state index in [0.717, 1.165) is 11.6 Å². The fourth-order valence-electron chi connectivity index (χ4n) is 3.84. The van der Waals surface area contributed by atoms with Crippen molar-refractivity contribution in [3.05, 3.63) is 65.3 Å².